The number of carbonyl (C=O) groups excluding carboxylic acids is 1. The van der Waals surface area contributed by atoms with Gasteiger partial charge in [0.05, 0.1) is 6.04 Å². The Morgan fingerprint density at radius 3 is 2.43 bits per heavy atom. The maximum Gasteiger partial charge on any atom is 0.303 e. The summed E-state index contributed by atoms with van der Waals surface area (Å²) in [4.78, 5) is 24.1. The predicted octanol–water partition coefficient (Wildman–Crippen LogP) is 4.16. The monoisotopic (exact) mass is 331 g/mol. The minimum Gasteiger partial charge on any atom is -0.481 e. The van der Waals surface area contributed by atoms with Gasteiger partial charge in [0, 0.05) is 29.9 Å². The van der Waals surface area contributed by atoms with E-state index < -0.39 is 5.97 Å². The lowest BCUT2D eigenvalue weighted by Gasteiger charge is -2.26. The van der Waals surface area contributed by atoms with E-state index in [1.54, 1.807) is 24.1 Å². The van der Waals surface area contributed by atoms with E-state index in [1.807, 2.05) is 13.0 Å². The van der Waals surface area contributed by atoms with Crippen LogP contribution in [-0.4, -0.2) is 28.9 Å². The Morgan fingerprint density at radius 2 is 1.86 bits per heavy atom. The van der Waals surface area contributed by atoms with E-state index in [-0.39, 0.29) is 18.4 Å². The quantitative estimate of drug-likeness (QED) is 0.763. The molecule has 0 aliphatic carbocycles. The minimum absolute atomic E-state index is 0.0288. The Bertz CT molecular complexity index is 520. The summed E-state index contributed by atoms with van der Waals surface area (Å²) in [7, 11) is 1.72. The molecule has 1 rings (SSSR count). The number of hydrogen-bond donors (Lipinski definition) is 1. The van der Waals surface area contributed by atoms with Crippen LogP contribution in [0.4, 0.5) is 0 Å². The molecule has 0 aliphatic heterocycles. The molecule has 0 radical (unpaired) electrons. The lowest BCUT2D eigenvalue weighted by molar-refractivity contribution is -0.137. The third-order valence-corrected chi connectivity index (χ3v) is 3.98. The van der Waals surface area contributed by atoms with Gasteiger partial charge in [-0.2, -0.15) is 0 Å². The molecule has 1 aromatic rings. The van der Waals surface area contributed by atoms with Crippen LogP contribution in [0.2, 0.25) is 10.0 Å². The topological polar surface area (TPSA) is 57.6 Å². The summed E-state index contributed by atoms with van der Waals surface area (Å²) in [6, 6.07) is 5.04. The highest BCUT2D eigenvalue weighted by molar-refractivity contribution is 6.35. The zero-order valence-electron chi connectivity index (χ0n) is 12.1. The number of hydrogen-bond acceptors (Lipinski definition) is 2. The van der Waals surface area contributed by atoms with Crippen LogP contribution in [0.5, 0.6) is 0 Å². The second-order valence-corrected chi connectivity index (χ2v) is 5.79. The number of amides is 1. The van der Waals surface area contributed by atoms with Crippen LogP contribution >= 0.6 is 23.2 Å². The number of unbranched alkanes of at least 4 members (excludes halogenated alkanes) is 1. The van der Waals surface area contributed by atoms with E-state index >= 15 is 0 Å². The van der Waals surface area contributed by atoms with E-state index in [9.17, 15) is 9.59 Å². The van der Waals surface area contributed by atoms with E-state index in [4.69, 9.17) is 28.3 Å². The Hall–Kier alpha value is -1.26. The van der Waals surface area contributed by atoms with Gasteiger partial charge in [0.25, 0.3) is 0 Å². The van der Waals surface area contributed by atoms with E-state index in [0.29, 0.717) is 29.3 Å². The molecule has 0 heterocycles. The van der Waals surface area contributed by atoms with Crippen LogP contribution < -0.4 is 0 Å². The molecular formula is C15H19Cl2NO3. The standard InChI is InChI=1S/C15H19Cl2NO3/c1-10(12-8-7-11(16)9-13(12)17)18(2)14(19)5-3-4-6-15(20)21/h7-10H,3-6H2,1-2H3,(H,20,21). The summed E-state index contributed by atoms with van der Waals surface area (Å²) in [6.45, 7) is 1.89. The SMILES string of the molecule is CC(c1ccc(Cl)cc1Cl)N(C)C(=O)CCCCC(=O)O. The van der Waals surface area contributed by atoms with Gasteiger partial charge in [0.15, 0.2) is 0 Å². The summed E-state index contributed by atoms with van der Waals surface area (Å²) in [5.41, 5.74) is 0.836. The molecule has 4 nitrogen and oxygen atoms in total. The molecule has 6 heteroatoms. The van der Waals surface area contributed by atoms with Gasteiger partial charge < -0.3 is 10.0 Å². The molecule has 0 aromatic heterocycles. The number of rotatable bonds is 7. The molecule has 1 atom stereocenters. The fraction of sp³-hybridized carbons (Fsp3) is 0.467. The molecule has 1 aromatic carbocycles. The van der Waals surface area contributed by atoms with Crippen LogP contribution in [0, 0.1) is 0 Å². The molecule has 1 N–H and O–H groups in total. The summed E-state index contributed by atoms with van der Waals surface area (Å²) >= 11 is 12.0. The molecule has 1 unspecified atom stereocenters. The van der Waals surface area contributed by atoms with Gasteiger partial charge in [-0.25, -0.2) is 0 Å². The average molecular weight is 332 g/mol. The smallest absolute Gasteiger partial charge is 0.303 e. The molecule has 0 fully saturated rings. The third kappa shape index (κ3) is 5.56. The van der Waals surface area contributed by atoms with Gasteiger partial charge in [-0.3, -0.25) is 9.59 Å². The maximum absolute atomic E-state index is 12.1. The van der Waals surface area contributed by atoms with Crippen molar-refractivity contribution in [3.63, 3.8) is 0 Å². The third-order valence-electron chi connectivity index (χ3n) is 3.42. The Morgan fingerprint density at radius 1 is 1.24 bits per heavy atom. The van der Waals surface area contributed by atoms with Crippen LogP contribution in [0.3, 0.4) is 0 Å². The van der Waals surface area contributed by atoms with Crippen LogP contribution in [0.15, 0.2) is 18.2 Å². The van der Waals surface area contributed by atoms with Gasteiger partial charge in [0.1, 0.15) is 0 Å². The highest BCUT2D eigenvalue weighted by atomic mass is 35.5. The zero-order valence-corrected chi connectivity index (χ0v) is 13.6. The lowest BCUT2D eigenvalue weighted by Crippen LogP contribution is -2.29. The summed E-state index contributed by atoms with van der Waals surface area (Å²) in [5.74, 6) is -0.865. The fourth-order valence-electron chi connectivity index (χ4n) is 1.99. The van der Waals surface area contributed by atoms with Gasteiger partial charge in [-0.05, 0) is 37.5 Å². The predicted molar refractivity (Wildman–Crippen MR) is 83.8 cm³/mol. The number of nitrogens with zero attached hydrogens (tertiary/aromatic N) is 1. The first-order valence-corrected chi connectivity index (χ1v) is 7.51. The minimum atomic E-state index is -0.836. The highest BCUT2D eigenvalue weighted by Crippen LogP contribution is 2.29. The first-order chi connectivity index (χ1) is 9.82. The fourth-order valence-corrected chi connectivity index (χ4v) is 2.56. The van der Waals surface area contributed by atoms with Crippen molar-refractivity contribution in [3.05, 3.63) is 33.8 Å². The molecule has 21 heavy (non-hydrogen) atoms. The van der Waals surface area contributed by atoms with Gasteiger partial charge in [-0.1, -0.05) is 29.3 Å². The van der Waals surface area contributed by atoms with Gasteiger partial charge in [-0.15, -0.1) is 0 Å². The highest BCUT2D eigenvalue weighted by Gasteiger charge is 2.19. The lowest BCUT2D eigenvalue weighted by atomic mass is 10.1. The Labute approximate surface area is 134 Å². The Kier molecular flexibility index (Phi) is 6.99. The van der Waals surface area contributed by atoms with Crippen molar-refractivity contribution in [2.75, 3.05) is 7.05 Å². The molecule has 0 saturated heterocycles. The number of carboxylic acid groups (broad SMARTS) is 1. The van der Waals surface area contributed by atoms with Crippen molar-refractivity contribution < 1.29 is 14.7 Å². The number of aliphatic carboxylic acids is 1. The number of carboxylic acids is 1. The average Bonchev–Trinajstić information content (AvgIpc) is 2.41. The molecule has 116 valence electrons. The van der Waals surface area contributed by atoms with Crippen LogP contribution in [0.1, 0.15) is 44.2 Å². The molecule has 0 bridgehead atoms. The normalized spacial score (nSPS) is 12.0. The first-order valence-electron chi connectivity index (χ1n) is 6.75. The molecule has 0 spiro atoms. The second-order valence-electron chi connectivity index (χ2n) is 4.95. The zero-order chi connectivity index (χ0) is 16.0. The van der Waals surface area contributed by atoms with Crippen LogP contribution in [-0.2, 0) is 9.59 Å². The van der Waals surface area contributed by atoms with E-state index in [1.165, 1.54) is 0 Å². The molecule has 1 amide bonds. The molecular weight excluding hydrogens is 313 g/mol. The Balaban J connectivity index is 2.58. The molecule has 0 aliphatic rings. The van der Waals surface area contributed by atoms with Crippen molar-refractivity contribution >= 4 is 35.1 Å². The van der Waals surface area contributed by atoms with Crippen molar-refractivity contribution in [1.82, 2.24) is 4.90 Å². The summed E-state index contributed by atoms with van der Waals surface area (Å²) in [5, 5.41) is 9.64. The second kappa shape index (κ2) is 8.25. The first kappa shape index (κ1) is 17.8. The van der Waals surface area contributed by atoms with Crippen molar-refractivity contribution in [3.8, 4) is 0 Å². The number of benzene rings is 1. The van der Waals surface area contributed by atoms with E-state index in [0.717, 1.165) is 5.56 Å². The van der Waals surface area contributed by atoms with Crippen LogP contribution in [0.25, 0.3) is 0 Å². The van der Waals surface area contributed by atoms with Crippen molar-refractivity contribution in [2.24, 2.45) is 0 Å². The van der Waals surface area contributed by atoms with Gasteiger partial charge >= 0.3 is 5.97 Å². The molecule has 0 saturated carbocycles. The van der Waals surface area contributed by atoms with E-state index in [2.05, 4.69) is 0 Å². The summed E-state index contributed by atoms with van der Waals surface area (Å²) < 4.78 is 0. The summed E-state index contributed by atoms with van der Waals surface area (Å²) in [6.07, 6.45) is 1.50. The largest absolute Gasteiger partial charge is 0.481 e. The number of halogens is 2. The number of carbonyl (C=O) groups is 2. The van der Waals surface area contributed by atoms with Gasteiger partial charge in [0.2, 0.25) is 5.91 Å². The maximum atomic E-state index is 12.1. The van der Waals surface area contributed by atoms with Crippen molar-refractivity contribution in [1.29, 1.82) is 0 Å². The van der Waals surface area contributed by atoms with Crippen molar-refractivity contribution in [2.45, 2.75) is 38.6 Å².